The largest absolute Gasteiger partial charge is 0.492 e. The third-order valence-corrected chi connectivity index (χ3v) is 7.69. The van der Waals surface area contributed by atoms with Crippen molar-refractivity contribution < 1.29 is 33.3 Å². The van der Waals surface area contributed by atoms with E-state index in [2.05, 4.69) is 0 Å². The number of nitrogens with zero attached hydrogens (tertiary/aromatic N) is 1. The van der Waals surface area contributed by atoms with E-state index < -0.39 is 12.1 Å². The van der Waals surface area contributed by atoms with E-state index in [-0.39, 0.29) is 35.5 Å². The number of fused-ring (bicyclic) bond motifs is 3. The molecule has 1 aliphatic heterocycles. The molecule has 4 atom stereocenters. The van der Waals surface area contributed by atoms with Crippen LogP contribution in [0.4, 0.5) is 14.9 Å². The fourth-order valence-corrected chi connectivity index (χ4v) is 5.64. The highest BCUT2D eigenvalue weighted by Crippen LogP contribution is 2.56. The lowest BCUT2D eigenvalue weighted by molar-refractivity contribution is 0.0596. The van der Waals surface area contributed by atoms with Crippen molar-refractivity contribution in [3.63, 3.8) is 0 Å². The first-order chi connectivity index (χ1) is 16.0. The SMILES string of the molecule is COC(=O)c1c(N(Sc2ccc(F)cc2C2CC2CO)C(=O)OC)ccc2c1OC[C@@H]1CC21. The normalized spacial score (nSPS) is 24.1. The average Bonchev–Trinajstić information content (AvgIpc) is 3.75. The molecule has 1 heterocycles. The number of aliphatic hydroxyl groups is 1. The molecule has 0 bridgehead atoms. The molecule has 0 spiro atoms. The molecular weight excluding hydrogens is 449 g/mol. The maximum absolute atomic E-state index is 14.0. The summed E-state index contributed by atoms with van der Waals surface area (Å²) in [4.78, 5) is 26.4. The summed E-state index contributed by atoms with van der Waals surface area (Å²) in [7, 11) is 2.54. The lowest BCUT2D eigenvalue weighted by atomic mass is 10.00. The first kappa shape index (κ1) is 22.0. The van der Waals surface area contributed by atoms with E-state index in [9.17, 15) is 19.1 Å². The minimum Gasteiger partial charge on any atom is -0.492 e. The highest BCUT2D eigenvalue weighted by atomic mass is 32.2. The number of aliphatic hydroxyl groups excluding tert-OH is 1. The molecule has 1 amide bonds. The Morgan fingerprint density at radius 2 is 1.97 bits per heavy atom. The number of amides is 1. The fourth-order valence-electron chi connectivity index (χ4n) is 4.60. The number of anilines is 1. The molecule has 3 unspecified atom stereocenters. The van der Waals surface area contributed by atoms with Crippen LogP contribution < -0.4 is 9.04 Å². The van der Waals surface area contributed by atoms with Crippen LogP contribution in [0.1, 0.15) is 46.2 Å². The van der Waals surface area contributed by atoms with E-state index >= 15 is 0 Å². The molecular formula is C24H24FNO6S. The number of hydrogen-bond donors (Lipinski definition) is 1. The van der Waals surface area contributed by atoms with Crippen LogP contribution in [0.3, 0.4) is 0 Å². The summed E-state index contributed by atoms with van der Waals surface area (Å²) in [6, 6.07) is 7.94. The molecule has 2 aromatic carbocycles. The number of halogens is 1. The number of carbonyl (C=O) groups excluding carboxylic acids is 2. The average molecular weight is 474 g/mol. The molecule has 9 heteroatoms. The molecule has 5 rings (SSSR count). The van der Waals surface area contributed by atoms with Gasteiger partial charge in [0.15, 0.2) is 0 Å². The Hall–Kier alpha value is -2.78. The van der Waals surface area contributed by atoms with Crippen LogP contribution in [0.2, 0.25) is 0 Å². The molecule has 3 aliphatic rings. The molecule has 174 valence electrons. The predicted molar refractivity (Wildman–Crippen MR) is 119 cm³/mol. The number of ether oxygens (including phenoxy) is 3. The Balaban J connectivity index is 1.58. The van der Waals surface area contributed by atoms with Gasteiger partial charge in [-0.15, -0.1) is 0 Å². The zero-order chi connectivity index (χ0) is 23.3. The summed E-state index contributed by atoms with van der Waals surface area (Å²) >= 11 is 1.04. The topological polar surface area (TPSA) is 85.3 Å². The number of hydrogen-bond acceptors (Lipinski definition) is 7. The summed E-state index contributed by atoms with van der Waals surface area (Å²) in [5, 5.41) is 9.50. The molecule has 2 aromatic rings. The van der Waals surface area contributed by atoms with E-state index in [1.165, 1.54) is 30.7 Å². The fraction of sp³-hybridized carbons (Fsp3) is 0.417. The van der Waals surface area contributed by atoms with E-state index in [0.29, 0.717) is 34.7 Å². The van der Waals surface area contributed by atoms with Crippen LogP contribution >= 0.6 is 11.9 Å². The van der Waals surface area contributed by atoms with Gasteiger partial charge < -0.3 is 19.3 Å². The second kappa shape index (κ2) is 8.53. The number of benzene rings is 2. The monoisotopic (exact) mass is 473 g/mol. The van der Waals surface area contributed by atoms with Gasteiger partial charge in [-0.05, 0) is 77.9 Å². The third kappa shape index (κ3) is 3.93. The zero-order valence-corrected chi connectivity index (χ0v) is 19.1. The highest BCUT2D eigenvalue weighted by molar-refractivity contribution is 8.01. The minimum atomic E-state index is -0.699. The first-order valence-electron chi connectivity index (χ1n) is 10.8. The van der Waals surface area contributed by atoms with Crippen LogP contribution in [0, 0.1) is 17.7 Å². The van der Waals surface area contributed by atoms with Gasteiger partial charge in [0.25, 0.3) is 0 Å². The molecule has 2 fully saturated rings. The maximum Gasteiger partial charge on any atom is 0.424 e. The number of methoxy groups -OCH3 is 2. The Morgan fingerprint density at radius 3 is 2.67 bits per heavy atom. The second-order valence-corrected chi connectivity index (χ2v) is 9.59. The van der Waals surface area contributed by atoms with Crippen LogP contribution in [-0.4, -0.2) is 44.6 Å². The third-order valence-electron chi connectivity index (χ3n) is 6.60. The van der Waals surface area contributed by atoms with Crippen molar-refractivity contribution in [1.82, 2.24) is 0 Å². The van der Waals surface area contributed by atoms with Crippen molar-refractivity contribution in [1.29, 1.82) is 0 Å². The standard InChI is InChI=1S/C24H24FNO6S/c1-30-23(28)21-19(5-4-15-17-8-13(17)11-32-22(15)21)26(24(29)31-2)33-20-6-3-14(25)9-18(20)16-7-12(16)10-27/h3-6,9,12-13,16-17,27H,7-8,10-11H2,1-2H3/t12?,13-,16?,17?/m0/s1. The van der Waals surface area contributed by atoms with Crippen LogP contribution in [0.5, 0.6) is 5.75 Å². The smallest absolute Gasteiger partial charge is 0.424 e. The lowest BCUT2D eigenvalue weighted by Crippen LogP contribution is -2.27. The molecule has 2 saturated carbocycles. The van der Waals surface area contributed by atoms with Gasteiger partial charge in [0.05, 0.1) is 26.5 Å². The molecule has 33 heavy (non-hydrogen) atoms. The number of rotatable bonds is 6. The summed E-state index contributed by atoms with van der Waals surface area (Å²) in [6.45, 7) is 0.533. The zero-order valence-electron chi connectivity index (χ0n) is 18.2. The van der Waals surface area contributed by atoms with Gasteiger partial charge in [-0.2, -0.15) is 0 Å². The maximum atomic E-state index is 14.0. The van der Waals surface area contributed by atoms with Gasteiger partial charge in [0.2, 0.25) is 0 Å². The van der Waals surface area contributed by atoms with E-state index in [0.717, 1.165) is 30.4 Å². The van der Waals surface area contributed by atoms with E-state index in [4.69, 9.17) is 14.2 Å². The molecule has 0 aromatic heterocycles. The van der Waals surface area contributed by atoms with Crippen molar-refractivity contribution in [3.05, 3.63) is 52.8 Å². The van der Waals surface area contributed by atoms with Gasteiger partial charge in [0.1, 0.15) is 17.1 Å². The Bertz CT molecular complexity index is 1120. The molecule has 0 radical (unpaired) electrons. The van der Waals surface area contributed by atoms with E-state index in [1.54, 1.807) is 12.1 Å². The van der Waals surface area contributed by atoms with Gasteiger partial charge in [0, 0.05) is 17.4 Å². The second-order valence-electron chi connectivity index (χ2n) is 8.61. The number of carbonyl (C=O) groups is 2. The summed E-state index contributed by atoms with van der Waals surface area (Å²) in [5.41, 5.74) is 2.10. The van der Waals surface area contributed by atoms with Crippen LogP contribution in [0.25, 0.3) is 0 Å². The number of esters is 1. The van der Waals surface area contributed by atoms with Crippen molar-refractivity contribution >= 4 is 29.7 Å². The van der Waals surface area contributed by atoms with Crippen LogP contribution in [-0.2, 0) is 9.47 Å². The van der Waals surface area contributed by atoms with Crippen molar-refractivity contribution in [2.75, 3.05) is 31.7 Å². The molecule has 0 saturated heterocycles. The quantitative estimate of drug-likeness (QED) is 0.489. The minimum absolute atomic E-state index is 0.00596. The summed E-state index contributed by atoms with van der Waals surface area (Å²) < 4.78 is 31.3. The summed E-state index contributed by atoms with van der Waals surface area (Å²) in [5.74, 6) is 0.309. The summed E-state index contributed by atoms with van der Waals surface area (Å²) in [6.07, 6.45) is 1.05. The first-order valence-corrected chi connectivity index (χ1v) is 11.6. The molecule has 2 aliphatic carbocycles. The highest BCUT2D eigenvalue weighted by Gasteiger charge is 2.46. The van der Waals surface area contributed by atoms with Crippen LogP contribution in [0.15, 0.2) is 35.2 Å². The lowest BCUT2D eigenvalue weighted by Gasteiger charge is -2.26. The Labute approximate surface area is 194 Å². The van der Waals surface area contributed by atoms with Gasteiger partial charge >= 0.3 is 12.1 Å². The Kier molecular flexibility index (Phi) is 5.70. The van der Waals surface area contributed by atoms with Crippen molar-refractivity contribution in [2.45, 2.75) is 29.6 Å². The molecule has 7 nitrogen and oxygen atoms in total. The van der Waals surface area contributed by atoms with Crippen molar-refractivity contribution in [2.24, 2.45) is 11.8 Å². The van der Waals surface area contributed by atoms with Gasteiger partial charge in [-0.3, -0.25) is 0 Å². The van der Waals surface area contributed by atoms with Gasteiger partial charge in [-0.25, -0.2) is 18.3 Å². The Morgan fingerprint density at radius 1 is 1.15 bits per heavy atom. The van der Waals surface area contributed by atoms with Gasteiger partial charge in [-0.1, -0.05) is 6.07 Å². The predicted octanol–water partition coefficient (Wildman–Crippen LogP) is 4.48. The van der Waals surface area contributed by atoms with Crippen molar-refractivity contribution in [3.8, 4) is 5.75 Å². The van der Waals surface area contributed by atoms with E-state index in [1.807, 2.05) is 6.07 Å². The molecule has 1 N–H and O–H groups in total.